The van der Waals surface area contributed by atoms with Crippen molar-refractivity contribution in [3.63, 3.8) is 0 Å². The second-order valence-electron chi connectivity index (χ2n) is 9.24. The Bertz CT molecular complexity index is 1740. The summed E-state index contributed by atoms with van der Waals surface area (Å²) < 4.78 is 9.63. The van der Waals surface area contributed by atoms with E-state index < -0.39 is 0 Å². The van der Waals surface area contributed by atoms with Gasteiger partial charge in [-0.15, -0.1) is 0 Å². The molecule has 0 aliphatic carbocycles. The van der Waals surface area contributed by atoms with Gasteiger partial charge in [0.25, 0.3) is 0 Å². The fourth-order valence-electron chi connectivity index (χ4n) is 5.15. The highest BCUT2D eigenvalue weighted by molar-refractivity contribution is 5.98. The normalized spacial score (nSPS) is 14.2. The van der Waals surface area contributed by atoms with Crippen LogP contribution < -0.4 is 4.90 Å². The molecule has 1 N–H and O–H groups in total. The molecule has 0 atom stereocenters. The van der Waals surface area contributed by atoms with Crippen molar-refractivity contribution in [2.75, 3.05) is 31.2 Å². The molecule has 2 aromatic carbocycles. The van der Waals surface area contributed by atoms with Crippen LogP contribution in [0.25, 0.3) is 50.3 Å². The minimum absolute atomic E-state index is 0.695. The Kier molecular flexibility index (Phi) is 5.00. The Morgan fingerprint density at radius 2 is 1.89 bits per heavy atom. The lowest BCUT2D eigenvalue weighted by molar-refractivity contribution is 0.122. The van der Waals surface area contributed by atoms with Crippen LogP contribution in [0, 0.1) is 6.92 Å². The molecule has 10 nitrogen and oxygen atoms in total. The van der Waals surface area contributed by atoms with E-state index in [1.807, 2.05) is 44.6 Å². The Hall–Kier alpha value is -4.57. The first-order valence-electron chi connectivity index (χ1n) is 12.3. The molecule has 10 heteroatoms. The molecule has 1 fully saturated rings. The molecule has 7 rings (SSSR count). The summed E-state index contributed by atoms with van der Waals surface area (Å²) in [5.74, 6) is 1.57. The lowest BCUT2D eigenvalue weighted by Gasteiger charge is -2.29. The number of aryl methyl sites for hydroxylation is 2. The van der Waals surface area contributed by atoms with Gasteiger partial charge in [0.05, 0.1) is 41.8 Å². The number of aromatic amines is 1. The third-order valence-electron chi connectivity index (χ3n) is 6.89. The lowest BCUT2D eigenvalue weighted by atomic mass is 10.1. The molecule has 1 aliphatic heterocycles. The Morgan fingerprint density at radius 3 is 2.68 bits per heavy atom. The number of pyridine rings is 1. The highest BCUT2D eigenvalue weighted by Crippen LogP contribution is 2.36. The van der Waals surface area contributed by atoms with E-state index in [1.54, 1.807) is 4.68 Å². The van der Waals surface area contributed by atoms with E-state index in [2.05, 4.69) is 54.0 Å². The fourth-order valence-corrected chi connectivity index (χ4v) is 5.15. The van der Waals surface area contributed by atoms with Crippen LogP contribution in [-0.4, -0.2) is 65.8 Å². The van der Waals surface area contributed by atoms with Gasteiger partial charge < -0.3 is 9.64 Å². The average Bonchev–Trinajstić information content (AvgIpc) is 3.68. The molecule has 0 saturated carbocycles. The van der Waals surface area contributed by atoms with E-state index in [0.29, 0.717) is 19.0 Å². The predicted octanol–water partition coefficient (Wildman–Crippen LogP) is 3.90. The molecule has 37 heavy (non-hydrogen) atoms. The first-order chi connectivity index (χ1) is 18.2. The molecule has 0 unspecified atom stereocenters. The van der Waals surface area contributed by atoms with Crippen molar-refractivity contribution in [3.8, 4) is 28.3 Å². The summed E-state index contributed by atoms with van der Waals surface area (Å²) in [4.78, 5) is 16.8. The maximum Gasteiger partial charge on any atom is 0.157 e. The van der Waals surface area contributed by atoms with Crippen molar-refractivity contribution in [1.29, 1.82) is 0 Å². The zero-order valence-electron chi connectivity index (χ0n) is 20.6. The van der Waals surface area contributed by atoms with E-state index in [0.717, 1.165) is 69.0 Å². The van der Waals surface area contributed by atoms with Crippen LogP contribution in [0.2, 0.25) is 0 Å². The summed E-state index contributed by atoms with van der Waals surface area (Å²) in [6.45, 7) is 5.11. The fraction of sp³-hybridized carbons (Fsp3) is 0.222. The number of hydrogen-bond donors (Lipinski definition) is 1. The van der Waals surface area contributed by atoms with Gasteiger partial charge in [-0.25, -0.2) is 15.0 Å². The second-order valence-corrected chi connectivity index (χ2v) is 9.24. The second kappa shape index (κ2) is 8.52. The number of hydrogen-bond acceptors (Lipinski definition) is 7. The first kappa shape index (κ1) is 21.7. The molecule has 6 aromatic rings. The molecule has 0 bridgehead atoms. The van der Waals surface area contributed by atoms with E-state index in [4.69, 9.17) is 14.7 Å². The SMILES string of the molecule is Cc1nc2c(-c3ncn[nH]3)cc(N3CCOCC3)cc2n1-c1cc(-c2cnn(C)c2)nc2ccccc12. The van der Waals surface area contributed by atoms with Gasteiger partial charge in [0, 0.05) is 48.5 Å². The van der Waals surface area contributed by atoms with Gasteiger partial charge in [0.1, 0.15) is 17.7 Å². The monoisotopic (exact) mass is 491 g/mol. The Morgan fingerprint density at radius 1 is 1.03 bits per heavy atom. The van der Waals surface area contributed by atoms with Gasteiger partial charge in [-0.3, -0.25) is 14.3 Å². The van der Waals surface area contributed by atoms with Gasteiger partial charge in [-0.05, 0) is 31.2 Å². The quantitative estimate of drug-likeness (QED) is 0.399. The molecule has 5 heterocycles. The number of H-pyrrole nitrogens is 1. The minimum Gasteiger partial charge on any atom is -0.378 e. The average molecular weight is 492 g/mol. The highest BCUT2D eigenvalue weighted by Gasteiger charge is 2.22. The first-order valence-corrected chi connectivity index (χ1v) is 12.3. The zero-order chi connectivity index (χ0) is 24.9. The number of nitrogens with zero attached hydrogens (tertiary/aromatic N) is 8. The summed E-state index contributed by atoms with van der Waals surface area (Å²) in [6.07, 6.45) is 5.36. The number of aromatic nitrogens is 8. The lowest BCUT2D eigenvalue weighted by Crippen LogP contribution is -2.36. The van der Waals surface area contributed by atoms with Crippen LogP contribution >= 0.6 is 0 Å². The zero-order valence-corrected chi connectivity index (χ0v) is 20.6. The number of anilines is 1. The predicted molar refractivity (Wildman–Crippen MR) is 142 cm³/mol. The van der Waals surface area contributed by atoms with Gasteiger partial charge >= 0.3 is 0 Å². The van der Waals surface area contributed by atoms with Crippen molar-refractivity contribution in [3.05, 3.63) is 67.0 Å². The molecular formula is C27H25N9O. The minimum atomic E-state index is 0.695. The van der Waals surface area contributed by atoms with E-state index in [9.17, 15) is 0 Å². The number of benzene rings is 2. The van der Waals surface area contributed by atoms with Crippen molar-refractivity contribution in [1.82, 2.24) is 39.5 Å². The Labute approximate surface area is 212 Å². The van der Waals surface area contributed by atoms with Crippen molar-refractivity contribution in [2.45, 2.75) is 6.92 Å². The summed E-state index contributed by atoms with van der Waals surface area (Å²) in [5, 5.41) is 12.5. The van der Waals surface area contributed by atoms with Gasteiger partial charge in [-0.2, -0.15) is 10.2 Å². The number of ether oxygens (including phenoxy) is 1. The summed E-state index contributed by atoms with van der Waals surface area (Å²) in [5.41, 5.74) is 7.66. The van der Waals surface area contributed by atoms with Crippen LogP contribution in [0.4, 0.5) is 5.69 Å². The molecule has 0 amide bonds. The van der Waals surface area contributed by atoms with Crippen LogP contribution in [0.1, 0.15) is 5.82 Å². The van der Waals surface area contributed by atoms with Gasteiger partial charge in [0.2, 0.25) is 0 Å². The number of morpholine rings is 1. The standard InChI is InChI=1S/C27H25N9O/c1-17-31-26-21(27-28-16-29-33-27)11-19(35-7-9-37-10-8-35)12-25(26)36(17)24-13-23(18-14-30-34(2)15-18)32-22-6-4-3-5-20(22)24/h3-6,11-16H,7-10H2,1-2H3,(H,28,29,33). The molecule has 4 aromatic heterocycles. The van der Waals surface area contributed by atoms with E-state index in [1.165, 1.54) is 6.33 Å². The van der Waals surface area contributed by atoms with Crippen molar-refractivity contribution >= 4 is 27.6 Å². The number of para-hydroxylation sites is 1. The van der Waals surface area contributed by atoms with Gasteiger partial charge in [-0.1, -0.05) is 18.2 Å². The Balaban J connectivity index is 1.53. The molecule has 0 spiro atoms. The van der Waals surface area contributed by atoms with Gasteiger partial charge in [0.15, 0.2) is 5.82 Å². The maximum absolute atomic E-state index is 5.61. The number of rotatable bonds is 4. The third-order valence-corrected chi connectivity index (χ3v) is 6.89. The summed E-state index contributed by atoms with van der Waals surface area (Å²) in [7, 11) is 1.91. The van der Waals surface area contributed by atoms with Crippen LogP contribution in [0.5, 0.6) is 0 Å². The topological polar surface area (TPSA) is 103 Å². The molecule has 1 aliphatic rings. The smallest absolute Gasteiger partial charge is 0.157 e. The largest absolute Gasteiger partial charge is 0.378 e. The van der Waals surface area contributed by atoms with E-state index in [-0.39, 0.29) is 0 Å². The summed E-state index contributed by atoms with van der Waals surface area (Å²) in [6, 6.07) is 14.7. The summed E-state index contributed by atoms with van der Waals surface area (Å²) >= 11 is 0. The van der Waals surface area contributed by atoms with Crippen molar-refractivity contribution < 1.29 is 4.74 Å². The highest BCUT2D eigenvalue weighted by atomic mass is 16.5. The number of imidazole rings is 1. The molecular weight excluding hydrogens is 466 g/mol. The number of nitrogens with one attached hydrogen (secondary N) is 1. The number of fused-ring (bicyclic) bond motifs is 2. The third kappa shape index (κ3) is 3.64. The molecule has 184 valence electrons. The van der Waals surface area contributed by atoms with Crippen LogP contribution in [0.15, 0.2) is 61.2 Å². The van der Waals surface area contributed by atoms with Crippen molar-refractivity contribution in [2.24, 2.45) is 7.05 Å². The maximum atomic E-state index is 5.61. The van der Waals surface area contributed by atoms with Crippen LogP contribution in [-0.2, 0) is 11.8 Å². The molecule has 0 radical (unpaired) electrons. The van der Waals surface area contributed by atoms with Crippen LogP contribution in [0.3, 0.4) is 0 Å². The molecule has 1 saturated heterocycles. The van der Waals surface area contributed by atoms with E-state index >= 15 is 0 Å².